The van der Waals surface area contributed by atoms with Crippen LogP contribution in [0.4, 0.5) is 5.69 Å². The second-order valence-corrected chi connectivity index (χ2v) is 6.24. The summed E-state index contributed by atoms with van der Waals surface area (Å²) in [6, 6.07) is 6.25. The zero-order valence-electron chi connectivity index (χ0n) is 13.7. The number of thioether (sulfide) groups is 1. The number of hydrogen-bond donors (Lipinski definition) is 0. The van der Waals surface area contributed by atoms with Gasteiger partial charge in [-0.1, -0.05) is 17.8 Å². The molecule has 0 unspecified atom stereocenters. The van der Waals surface area contributed by atoms with Crippen molar-refractivity contribution in [1.29, 1.82) is 0 Å². The predicted molar refractivity (Wildman–Crippen MR) is 94.9 cm³/mol. The van der Waals surface area contributed by atoms with Gasteiger partial charge in [0.1, 0.15) is 5.52 Å². The fourth-order valence-corrected chi connectivity index (χ4v) is 2.96. The third-order valence-electron chi connectivity index (χ3n) is 3.93. The van der Waals surface area contributed by atoms with E-state index in [-0.39, 0.29) is 11.2 Å². The molecule has 0 saturated heterocycles. The monoisotopic (exact) mass is 369 g/mol. The van der Waals surface area contributed by atoms with Crippen molar-refractivity contribution < 1.29 is 4.92 Å². The van der Waals surface area contributed by atoms with Crippen LogP contribution in [0.1, 0.15) is 5.56 Å². The summed E-state index contributed by atoms with van der Waals surface area (Å²) in [5, 5.41) is 23.9. The Morgan fingerprint density at radius 2 is 2.04 bits per heavy atom. The molecule has 0 saturated carbocycles. The minimum absolute atomic E-state index is 0.0584. The summed E-state index contributed by atoms with van der Waals surface area (Å²) in [6.07, 6.45) is 3.36. The minimum atomic E-state index is -0.479. The summed E-state index contributed by atoms with van der Waals surface area (Å²) in [5.41, 5.74) is 0.945. The van der Waals surface area contributed by atoms with Crippen LogP contribution < -0.4 is 5.56 Å². The van der Waals surface area contributed by atoms with Gasteiger partial charge in [-0.05, 0) is 25.3 Å². The molecule has 0 aliphatic carbocycles. The maximum Gasteiger partial charge on any atom is 0.285 e. The maximum atomic E-state index is 12.8. The van der Waals surface area contributed by atoms with Gasteiger partial charge in [0.15, 0.2) is 5.52 Å². The molecule has 0 atom stereocenters. The number of aromatic nitrogens is 6. The van der Waals surface area contributed by atoms with Crippen molar-refractivity contribution >= 4 is 34.3 Å². The van der Waals surface area contributed by atoms with E-state index < -0.39 is 10.5 Å². The Bertz CT molecular complexity index is 1250. The predicted octanol–water partition coefficient (Wildman–Crippen LogP) is 1.76. The van der Waals surface area contributed by atoms with Crippen molar-refractivity contribution in [1.82, 2.24) is 29.4 Å². The summed E-state index contributed by atoms with van der Waals surface area (Å²) >= 11 is 1.35. The molecule has 0 amide bonds. The van der Waals surface area contributed by atoms with Gasteiger partial charge in [-0.15, -0.1) is 15.3 Å². The zero-order valence-corrected chi connectivity index (χ0v) is 14.5. The molecule has 11 heteroatoms. The van der Waals surface area contributed by atoms with E-state index in [2.05, 4.69) is 20.3 Å². The molecule has 0 aliphatic heterocycles. The molecule has 3 heterocycles. The molecule has 0 spiro atoms. The van der Waals surface area contributed by atoms with Crippen molar-refractivity contribution in [3.63, 3.8) is 0 Å². The van der Waals surface area contributed by atoms with Gasteiger partial charge in [0.25, 0.3) is 17.0 Å². The molecule has 3 aromatic heterocycles. The first-order valence-electron chi connectivity index (χ1n) is 7.44. The molecule has 0 radical (unpaired) electrons. The van der Waals surface area contributed by atoms with Gasteiger partial charge in [-0.2, -0.15) is 9.50 Å². The second-order valence-electron chi connectivity index (χ2n) is 5.46. The van der Waals surface area contributed by atoms with Crippen molar-refractivity contribution in [2.75, 3.05) is 6.26 Å². The largest absolute Gasteiger partial charge is 0.285 e. The number of nitro groups is 1. The molecule has 0 aliphatic rings. The van der Waals surface area contributed by atoms with Crippen molar-refractivity contribution in [3.05, 3.63) is 56.5 Å². The number of fused-ring (bicyclic) bond motifs is 3. The average molecular weight is 369 g/mol. The highest BCUT2D eigenvalue weighted by atomic mass is 32.2. The smallest absolute Gasteiger partial charge is 0.282 e. The Morgan fingerprint density at radius 3 is 2.77 bits per heavy atom. The standard InChI is InChI=1S/C15H11N7O3S/c1-8-3-4-9(7-11(8)22(24)25)20-6-5-10-12(13(20)23)17-18-14-16-15(26-2)19-21(10)14/h3-7H,1-2H3. The number of benzene rings is 1. The Balaban J connectivity index is 1.97. The molecule has 130 valence electrons. The Hall–Kier alpha value is -3.34. The van der Waals surface area contributed by atoms with Gasteiger partial charge in [-0.3, -0.25) is 19.5 Å². The molecule has 10 nitrogen and oxygen atoms in total. The first kappa shape index (κ1) is 16.1. The third-order valence-corrected chi connectivity index (χ3v) is 4.47. The molecule has 4 aromatic rings. The molecule has 4 rings (SSSR count). The lowest BCUT2D eigenvalue weighted by atomic mass is 10.2. The van der Waals surface area contributed by atoms with Crippen LogP contribution in [0.3, 0.4) is 0 Å². The number of rotatable bonds is 3. The highest BCUT2D eigenvalue weighted by Crippen LogP contribution is 2.21. The van der Waals surface area contributed by atoms with Crippen LogP contribution in [-0.2, 0) is 0 Å². The van der Waals surface area contributed by atoms with Gasteiger partial charge in [0.05, 0.1) is 10.6 Å². The van der Waals surface area contributed by atoms with E-state index in [1.807, 2.05) is 6.26 Å². The number of hydrogen-bond acceptors (Lipinski definition) is 8. The van der Waals surface area contributed by atoms with Gasteiger partial charge < -0.3 is 0 Å². The van der Waals surface area contributed by atoms with E-state index in [1.165, 1.54) is 33.1 Å². The van der Waals surface area contributed by atoms with Crippen LogP contribution in [0, 0.1) is 17.0 Å². The summed E-state index contributed by atoms with van der Waals surface area (Å²) in [4.78, 5) is 27.7. The van der Waals surface area contributed by atoms with E-state index in [9.17, 15) is 14.9 Å². The van der Waals surface area contributed by atoms with Crippen LogP contribution in [0.15, 0.2) is 40.4 Å². The Labute approximate surface area is 149 Å². The molecule has 0 fully saturated rings. The van der Waals surface area contributed by atoms with Crippen molar-refractivity contribution in [2.45, 2.75) is 12.1 Å². The van der Waals surface area contributed by atoms with Crippen LogP contribution in [-0.4, -0.2) is 40.5 Å². The number of nitro benzene ring substituents is 1. The fourth-order valence-electron chi connectivity index (χ4n) is 2.62. The topological polar surface area (TPSA) is 121 Å². The molecular weight excluding hydrogens is 358 g/mol. The number of aryl methyl sites for hydroxylation is 1. The van der Waals surface area contributed by atoms with Gasteiger partial charge >= 0.3 is 0 Å². The fraction of sp³-hybridized carbons (Fsp3) is 0.133. The first-order chi connectivity index (χ1) is 12.5. The highest BCUT2D eigenvalue weighted by Gasteiger charge is 2.16. The third kappa shape index (κ3) is 2.40. The quantitative estimate of drug-likeness (QED) is 0.304. The van der Waals surface area contributed by atoms with Gasteiger partial charge in [0.2, 0.25) is 5.16 Å². The lowest BCUT2D eigenvalue weighted by Crippen LogP contribution is -2.20. The molecule has 0 bridgehead atoms. The molecule has 26 heavy (non-hydrogen) atoms. The van der Waals surface area contributed by atoms with Crippen LogP contribution in [0.5, 0.6) is 0 Å². The highest BCUT2D eigenvalue weighted by molar-refractivity contribution is 7.98. The lowest BCUT2D eigenvalue weighted by molar-refractivity contribution is -0.385. The second kappa shape index (κ2) is 5.88. The summed E-state index contributed by atoms with van der Waals surface area (Å²) in [5.74, 6) is 0.296. The van der Waals surface area contributed by atoms with Crippen LogP contribution in [0.2, 0.25) is 0 Å². The van der Waals surface area contributed by atoms with Crippen LogP contribution >= 0.6 is 11.8 Å². The summed E-state index contributed by atoms with van der Waals surface area (Å²) in [6.45, 7) is 1.64. The van der Waals surface area contributed by atoms with Crippen molar-refractivity contribution in [3.8, 4) is 5.69 Å². The SMILES string of the molecule is CSc1nc2nnc3c(=O)n(-c4ccc(C)c([N+](=O)[O-])c4)ccc3n2n1. The van der Waals surface area contributed by atoms with E-state index in [0.29, 0.717) is 27.7 Å². The summed E-state index contributed by atoms with van der Waals surface area (Å²) in [7, 11) is 0. The maximum absolute atomic E-state index is 12.8. The Kier molecular flexibility index (Phi) is 3.65. The molecule has 0 N–H and O–H groups in total. The van der Waals surface area contributed by atoms with Crippen molar-refractivity contribution in [2.24, 2.45) is 0 Å². The Morgan fingerprint density at radius 1 is 1.23 bits per heavy atom. The van der Waals surface area contributed by atoms with E-state index in [0.717, 1.165) is 0 Å². The zero-order chi connectivity index (χ0) is 18.4. The normalized spacial score (nSPS) is 11.3. The number of pyridine rings is 1. The van der Waals surface area contributed by atoms with Crippen LogP contribution in [0.25, 0.3) is 22.5 Å². The molecular formula is C15H11N7O3S. The molecule has 1 aromatic carbocycles. The van der Waals surface area contributed by atoms with E-state index in [4.69, 9.17) is 0 Å². The number of nitrogens with zero attached hydrogens (tertiary/aromatic N) is 7. The average Bonchev–Trinajstić information content (AvgIpc) is 3.06. The van der Waals surface area contributed by atoms with Gasteiger partial charge in [-0.25, -0.2) is 0 Å². The lowest BCUT2D eigenvalue weighted by Gasteiger charge is -2.08. The van der Waals surface area contributed by atoms with Gasteiger partial charge in [0, 0.05) is 17.8 Å². The first-order valence-corrected chi connectivity index (χ1v) is 8.66. The van der Waals surface area contributed by atoms with E-state index >= 15 is 0 Å². The minimum Gasteiger partial charge on any atom is -0.282 e. The summed E-state index contributed by atoms with van der Waals surface area (Å²) < 4.78 is 2.75. The van der Waals surface area contributed by atoms with E-state index in [1.54, 1.807) is 25.1 Å².